The summed E-state index contributed by atoms with van der Waals surface area (Å²) >= 11 is 0. The molecule has 1 aliphatic heterocycles. The maximum atomic E-state index is 2.50. The lowest BCUT2D eigenvalue weighted by molar-refractivity contribution is -0.660. The van der Waals surface area contributed by atoms with Gasteiger partial charge in [0.2, 0.25) is 0 Å². The van der Waals surface area contributed by atoms with Crippen LogP contribution in [0.15, 0.2) is 36.7 Å². The quantitative estimate of drug-likeness (QED) is 0.734. The van der Waals surface area contributed by atoms with Gasteiger partial charge in [0, 0.05) is 5.41 Å². The van der Waals surface area contributed by atoms with Gasteiger partial charge in [-0.15, -0.1) is 0 Å². The maximum Gasteiger partial charge on any atom is 0.289 e. The lowest BCUT2D eigenvalue weighted by atomic mass is 9.61. The summed E-state index contributed by atoms with van der Waals surface area (Å²) in [7, 11) is 2.15. The lowest BCUT2D eigenvalue weighted by Crippen LogP contribution is -2.53. The Kier molecular flexibility index (Phi) is 2.82. The van der Waals surface area contributed by atoms with Crippen molar-refractivity contribution in [2.45, 2.75) is 51.5 Å². The van der Waals surface area contributed by atoms with Crippen molar-refractivity contribution in [2.75, 3.05) is 0 Å². The Morgan fingerprint density at radius 2 is 1.80 bits per heavy atom. The molecule has 2 heteroatoms. The van der Waals surface area contributed by atoms with E-state index in [4.69, 9.17) is 0 Å². The van der Waals surface area contributed by atoms with Crippen molar-refractivity contribution >= 4 is 0 Å². The van der Waals surface area contributed by atoms with E-state index in [0.717, 1.165) is 12.8 Å². The molecule has 0 bridgehead atoms. The fourth-order valence-corrected chi connectivity index (χ4v) is 4.04. The molecule has 0 aliphatic carbocycles. The predicted molar refractivity (Wildman–Crippen MR) is 82.6 cm³/mol. The van der Waals surface area contributed by atoms with Gasteiger partial charge >= 0.3 is 0 Å². The number of hydrogen-bond acceptors (Lipinski definition) is 0. The Hall–Kier alpha value is -1.57. The lowest BCUT2D eigenvalue weighted by Gasteiger charge is -2.47. The smallest absolute Gasteiger partial charge is 0.233 e. The van der Waals surface area contributed by atoms with Gasteiger partial charge < -0.3 is 0 Å². The van der Waals surface area contributed by atoms with Crippen LogP contribution < -0.4 is 4.57 Å². The zero-order chi connectivity index (χ0) is 14.5. The largest absolute Gasteiger partial charge is 0.289 e. The number of nitrogens with zero attached hydrogens (tertiary/aromatic N) is 2. The number of benzene rings is 1. The second-order valence-corrected chi connectivity index (χ2v) is 6.46. The molecule has 2 aromatic rings. The van der Waals surface area contributed by atoms with Crippen LogP contribution >= 0.6 is 0 Å². The number of aromatic nitrogens is 2. The van der Waals surface area contributed by atoms with Crippen molar-refractivity contribution in [3.63, 3.8) is 0 Å². The molecule has 0 radical (unpaired) electrons. The fourth-order valence-electron chi connectivity index (χ4n) is 4.04. The highest BCUT2D eigenvalue weighted by Crippen LogP contribution is 2.52. The van der Waals surface area contributed by atoms with Crippen LogP contribution in [0.4, 0.5) is 0 Å². The van der Waals surface area contributed by atoms with Crippen LogP contribution in [0.3, 0.4) is 0 Å². The SMILES string of the molecule is CCC1(C)c2ccccc2-c2n(cc[n+]2C)C1(C)CC. The van der Waals surface area contributed by atoms with Crippen LogP contribution in [0.5, 0.6) is 0 Å². The molecule has 0 N–H and O–H groups in total. The number of fused-ring (bicyclic) bond motifs is 3. The molecule has 2 unspecified atom stereocenters. The van der Waals surface area contributed by atoms with Crippen LogP contribution in [0, 0.1) is 0 Å². The van der Waals surface area contributed by atoms with Crippen molar-refractivity contribution in [3.05, 3.63) is 42.2 Å². The van der Waals surface area contributed by atoms with Gasteiger partial charge in [-0.3, -0.25) is 0 Å². The molecule has 2 atom stereocenters. The summed E-state index contributed by atoms with van der Waals surface area (Å²) in [5, 5.41) is 0. The molecular weight excluding hydrogens is 244 g/mol. The second kappa shape index (κ2) is 4.21. The topological polar surface area (TPSA) is 8.81 Å². The zero-order valence-electron chi connectivity index (χ0n) is 13.3. The van der Waals surface area contributed by atoms with E-state index in [1.54, 1.807) is 0 Å². The van der Waals surface area contributed by atoms with Gasteiger partial charge in [-0.2, -0.15) is 0 Å². The second-order valence-electron chi connectivity index (χ2n) is 6.46. The van der Waals surface area contributed by atoms with Crippen LogP contribution in [-0.2, 0) is 18.0 Å². The Morgan fingerprint density at radius 1 is 1.10 bits per heavy atom. The first kappa shape index (κ1) is 13.4. The summed E-state index contributed by atoms with van der Waals surface area (Å²) in [6.45, 7) is 9.47. The van der Waals surface area contributed by atoms with Crippen molar-refractivity contribution in [3.8, 4) is 11.4 Å². The van der Waals surface area contributed by atoms with Crippen molar-refractivity contribution in [2.24, 2.45) is 7.05 Å². The van der Waals surface area contributed by atoms with E-state index in [1.165, 1.54) is 17.0 Å². The molecule has 1 aromatic heterocycles. The van der Waals surface area contributed by atoms with Gasteiger partial charge in [0.1, 0.15) is 17.9 Å². The molecule has 3 rings (SSSR count). The average molecular weight is 269 g/mol. The van der Waals surface area contributed by atoms with Gasteiger partial charge in [0.25, 0.3) is 5.82 Å². The summed E-state index contributed by atoms with van der Waals surface area (Å²) in [6.07, 6.45) is 6.72. The minimum Gasteiger partial charge on any atom is -0.233 e. The van der Waals surface area contributed by atoms with Gasteiger partial charge in [-0.25, -0.2) is 9.13 Å². The Bertz CT molecular complexity index is 655. The summed E-state index contributed by atoms with van der Waals surface area (Å²) in [5.74, 6) is 1.33. The molecule has 0 spiro atoms. The van der Waals surface area contributed by atoms with E-state index in [9.17, 15) is 0 Å². The first-order valence-corrected chi connectivity index (χ1v) is 7.67. The molecular formula is C18H25N2+. The summed E-state index contributed by atoms with van der Waals surface area (Å²) in [5.41, 5.74) is 3.16. The minimum absolute atomic E-state index is 0.118. The monoisotopic (exact) mass is 269 g/mol. The highest BCUT2D eigenvalue weighted by atomic mass is 15.2. The highest BCUT2D eigenvalue weighted by Gasteiger charge is 2.54. The predicted octanol–water partition coefficient (Wildman–Crippen LogP) is 3.79. The van der Waals surface area contributed by atoms with E-state index < -0.39 is 0 Å². The van der Waals surface area contributed by atoms with E-state index in [1.807, 2.05) is 0 Å². The minimum atomic E-state index is 0.118. The highest BCUT2D eigenvalue weighted by molar-refractivity contribution is 5.64. The first-order valence-electron chi connectivity index (χ1n) is 7.67. The molecule has 2 nitrogen and oxygen atoms in total. The van der Waals surface area contributed by atoms with Gasteiger partial charge in [-0.1, -0.05) is 39.0 Å². The summed E-state index contributed by atoms with van der Waals surface area (Å²) in [6, 6.07) is 8.93. The number of hydrogen-bond donors (Lipinski definition) is 0. The standard InChI is InChI=1S/C18H25N2/c1-6-17(3)15-11-9-8-10-14(15)16-19(5)12-13-20(16)18(17,4)7-2/h8-13H,6-7H2,1-5H3/q+1. The molecule has 2 heterocycles. The molecule has 0 saturated heterocycles. The number of aryl methyl sites for hydroxylation is 1. The van der Waals surface area contributed by atoms with E-state index >= 15 is 0 Å². The van der Waals surface area contributed by atoms with Gasteiger partial charge in [0.15, 0.2) is 0 Å². The Balaban J connectivity index is 2.43. The van der Waals surface area contributed by atoms with Gasteiger partial charge in [-0.05, 0) is 31.4 Å². The third kappa shape index (κ3) is 1.37. The Labute approximate surface area is 122 Å². The molecule has 1 aromatic carbocycles. The van der Waals surface area contributed by atoms with Crippen molar-refractivity contribution < 1.29 is 4.57 Å². The maximum absolute atomic E-state index is 2.50. The van der Waals surface area contributed by atoms with E-state index in [0.29, 0.717) is 0 Å². The summed E-state index contributed by atoms with van der Waals surface area (Å²) in [4.78, 5) is 0. The Morgan fingerprint density at radius 3 is 2.45 bits per heavy atom. The van der Waals surface area contributed by atoms with Crippen LogP contribution in [0.25, 0.3) is 11.4 Å². The van der Waals surface area contributed by atoms with Crippen LogP contribution in [0.1, 0.15) is 46.1 Å². The van der Waals surface area contributed by atoms with E-state index in [2.05, 4.69) is 80.5 Å². The molecule has 1 aliphatic rings. The first-order chi connectivity index (χ1) is 9.49. The summed E-state index contributed by atoms with van der Waals surface area (Å²) < 4.78 is 4.75. The normalized spacial score (nSPS) is 28.1. The average Bonchev–Trinajstić information content (AvgIpc) is 2.87. The third-order valence-electron chi connectivity index (χ3n) is 5.88. The molecule has 0 fully saturated rings. The van der Waals surface area contributed by atoms with Crippen LogP contribution in [-0.4, -0.2) is 4.57 Å². The van der Waals surface area contributed by atoms with Crippen molar-refractivity contribution in [1.29, 1.82) is 0 Å². The zero-order valence-corrected chi connectivity index (χ0v) is 13.3. The van der Waals surface area contributed by atoms with Crippen LogP contribution in [0.2, 0.25) is 0 Å². The van der Waals surface area contributed by atoms with E-state index in [-0.39, 0.29) is 11.0 Å². The number of imidazole rings is 1. The molecule has 20 heavy (non-hydrogen) atoms. The third-order valence-corrected chi connectivity index (χ3v) is 5.88. The van der Waals surface area contributed by atoms with Gasteiger partial charge in [0.05, 0.1) is 12.6 Å². The fraction of sp³-hybridized carbons (Fsp3) is 0.500. The molecule has 0 saturated carbocycles. The van der Waals surface area contributed by atoms with Crippen molar-refractivity contribution in [1.82, 2.24) is 4.57 Å². The number of rotatable bonds is 2. The molecule has 0 amide bonds. The molecule has 106 valence electrons.